The van der Waals surface area contributed by atoms with E-state index in [1.54, 1.807) is 0 Å². The second-order valence-electron chi connectivity index (χ2n) is 4.17. The minimum absolute atomic E-state index is 0.948. The fourth-order valence-corrected chi connectivity index (χ4v) is 2.83. The van der Waals surface area contributed by atoms with Crippen molar-refractivity contribution < 1.29 is 0 Å². The van der Waals surface area contributed by atoms with Gasteiger partial charge in [-0.15, -0.1) is 9.24 Å². The molecule has 0 saturated heterocycles. The molecule has 0 radical (unpaired) electrons. The molecule has 1 rings (SSSR count). The zero-order chi connectivity index (χ0) is 8.43. The Hall–Kier alpha value is 0.430. The Labute approximate surface area is 73.3 Å². The third kappa shape index (κ3) is 2.18. The van der Waals surface area contributed by atoms with Gasteiger partial charge in [0, 0.05) is 0 Å². The van der Waals surface area contributed by atoms with Crippen LogP contribution in [0.5, 0.6) is 0 Å². The lowest BCUT2D eigenvalue weighted by Crippen LogP contribution is -1.95. The molecule has 11 heavy (non-hydrogen) atoms. The van der Waals surface area contributed by atoms with Crippen LogP contribution in [0.2, 0.25) is 0 Å². The zero-order valence-electron chi connectivity index (χ0n) is 8.01. The van der Waals surface area contributed by atoms with Gasteiger partial charge >= 0.3 is 0 Å². The average Bonchev–Trinajstić information content (AvgIpc) is 2.61. The maximum atomic E-state index is 2.88. The van der Waals surface area contributed by atoms with E-state index in [0.717, 1.165) is 23.7 Å². The number of hydrogen-bond donors (Lipinski definition) is 0. The van der Waals surface area contributed by atoms with Gasteiger partial charge < -0.3 is 0 Å². The summed E-state index contributed by atoms with van der Waals surface area (Å²) in [5, 5.41) is 0. The summed E-state index contributed by atoms with van der Waals surface area (Å²) in [6, 6.07) is 0. The molecule has 1 fully saturated rings. The molecule has 0 aromatic heterocycles. The smallest absolute Gasteiger partial charge is 0.0320 e. The van der Waals surface area contributed by atoms with Gasteiger partial charge in [0.05, 0.1) is 0 Å². The quantitative estimate of drug-likeness (QED) is 0.571. The van der Waals surface area contributed by atoms with Gasteiger partial charge in [-0.1, -0.05) is 27.2 Å². The van der Waals surface area contributed by atoms with Crippen molar-refractivity contribution >= 4 is 9.24 Å². The first-order chi connectivity index (χ1) is 5.20. The second-order valence-corrected chi connectivity index (χ2v) is 4.64. The third-order valence-corrected chi connectivity index (χ3v) is 3.95. The van der Waals surface area contributed by atoms with E-state index >= 15 is 0 Å². The molecule has 5 unspecified atom stereocenters. The standard InChI is InChI=1S/C10H21P/c1-4-7(2)5-9-8(3)10(9)6-11/h7-10H,4-6,11H2,1-3H3. The van der Waals surface area contributed by atoms with E-state index in [4.69, 9.17) is 0 Å². The lowest BCUT2D eigenvalue weighted by Gasteiger charge is -2.06. The van der Waals surface area contributed by atoms with E-state index in [1.165, 1.54) is 19.0 Å². The molecule has 0 N–H and O–H groups in total. The fraction of sp³-hybridized carbons (Fsp3) is 1.00. The molecular weight excluding hydrogens is 151 g/mol. The summed E-state index contributed by atoms with van der Waals surface area (Å²) in [4.78, 5) is 0. The monoisotopic (exact) mass is 172 g/mol. The Kier molecular flexibility index (Phi) is 3.37. The van der Waals surface area contributed by atoms with Crippen molar-refractivity contribution in [3.63, 3.8) is 0 Å². The van der Waals surface area contributed by atoms with Gasteiger partial charge in [-0.2, -0.15) is 0 Å². The van der Waals surface area contributed by atoms with Gasteiger partial charge in [-0.05, 0) is 36.3 Å². The highest BCUT2D eigenvalue weighted by atomic mass is 31.0. The molecule has 0 bridgehead atoms. The molecule has 0 amide bonds. The van der Waals surface area contributed by atoms with E-state index in [-0.39, 0.29) is 0 Å². The molecule has 5 atom stereocenters. The van der Waals surface area contributed by atoms with E-state index in [0.29, 0.717) is 0 Å². The molecule has 1 saturated carbocycles. The molecule has 0 aromatic carbocycles. The van der Waals surface area contributed by atoms with E-state index < -0.39 is 0 Å². The van der Waals surface area contributed by atoms with Crippen molar-refractivity contribution in [2.45, 2.75) is 33.6 Å². The van der Waals surface area contributed by atoms with Crippen LogP contribution in [0, 0.1) is 23.7 Å². The number of hydrogen-bond acceptors (Lipinski definition) is 0. The van der Waals surface area contributed by atoms with Crippen molar-refractivity contribution in [1.82, 2.24) is 0 Å². The van der Waals surface area contributed by atoms with Crippen LogP contribution in [0.25, 0.3) is 0 Å². The first-order valence-electron chi connectivity index (χ1n) is 4.90. The van der Waals surface area contributed by atoms with E-state index in [2.05, 4.69) is 30.0 Å². The van der Waals surface area contributed by atoms with Crippen molar-refractivity contribution in [1.29, 1.82) is 0 Å². The van der Waals surface area contributed by atoms with Crippen LogP contribution in [0.15, 0.2) is 0 Å². The Balaban J connectivity index is 2.20. The Bertz CT molecular complexity index is 122. The summed E-state index contributed by atoms with van der Waals surface area (Å²) in [5.41, 5.74) is 0. The lowest BCUT2D eigenvalue weighted by molar-refractivity contribution is 0.461. The minimum Gasteiger partial charge on any atom is -0.137 e. The van der Waals surface area contributed by atoms with Gasteiger partial charge in [-0.25, -0.2) is 0 Å². The second kappa shape index (κ2) is 3.90. The van der Waals surface area contributed by atoms with Crippen LogP contribution in [-0.2, 0) is 0 Å². The molecule has 1 aliphatic rings. The van der Waals surface area contributed by atoms with Crippen molar-refractivity contribution in [3.8, 4) is 0 Å². The van der Waals surface area contributed by atoms with Crippen molar-refractivity contribution in [2.75, 3.05) is 6.16 Å². The topological polar surface area (TPSA) is 0 Å². The highest BCUT2D eigenvalue weighted by Crippen LogP contribution is 2.50. The maximum Gasteiger partial charge on any atom is -0.0320 e. The first kappa shape index (κ1) is 9.52. The van der Waals surface area contributed by atoms with Crippen LogP contribution in [-0.4, -0.2) is 6.16 Å². The largest absolute Gasteiger partial charge is 0.137 e. The van der Waals surface area contributed by atoms with Crippen LogP contribution >= 0.6 is 9.24 Å². The van der Waals surface area contributed by atoms with Crippen LogP contribution in [0.1, 0.15) is 33.6 Å². The van der Waals surface area contributed by atoms with Crippen molar-refractivity contribution in [2.24, 2.45) is 23.7 Å². The summed E-state index contributed by atoms with van der Waals surface area (Å²) in [5.74, 6) is 4.06. The highest BCUT2D eigenvalue weighted by Gasteiger charge is 2.44. The van der Waals surface area contributed by atoms with Gasteiger partial charge in [0.15, 0.2) is 0 Å². The number of rotatable bonds is 4. The summed E-state index contributed by atoms with van der Waals surface area (Å²) in [6.45, 7) is 7.08. The molecule has 1 aliphatic carbocycles. The highest BCUT2D eigenvalue weighted by molar-refractivity contribution is 7.16. The summed E-state index contributed by atoms with van der Waals surface area (Å²) in [7, 11) is 2.88. The molecule has 0 aromatic rings. The SMILES string of the molecule is CCC(C)CC1C(C)C1CP. The molecule has 0 nitrogen and oxygen atoms in total. The van der Waals surface area contributed by atoms with Gasteiger partial charge in [0.1, 0.15) is 0 Å². The summed E-state index contributed by atoms with van der Waals surface area (Å²) >= 11 is 0. The van der Waals surface area contributed by atoms with E-state index in [9.17, 15) is 0 Å². The maximum absolute atomic E-state index is 2.88. The van der Waals surface area contributed by atoms with Crippen molar-refractivity contribution in [3.05, 3.63) is 0 Å². The summed E-state index contributed by atoms with van der Waals surface area (Å²) in [6.07, 6.45) is 4.14. The fourth-order valence-electron chi connectivity index (χ4n) is 2.05. The van der Waals surface area contributed by atoms with Crippen LogP contribution in [0.4, 0.5) is 0 Å². The zero-order valence-corrected chi connectivity index (χ0v) is 9.16. The van der Waals surface area contributed by atoms with Crippen LogP contribution in [0.3, 0.4) is 0 Å². The minimum atomic E-state index is 0.948. The first-order valence-corrected chi connectivity index (χ1v) is 5.72. The lowest BCUT2D eigenvalue weighted by atomic mass is 10.0. The van der Waals surface area contributed by atoms with Gasteiger partial charge in [0.2, 0.25) is 0 Å². The van der Waals surface area contributed by atoms with Gasteiger partial charge in [0.25, 0.3) is 0 Å². The van der Waals surface area contributed by atoms with Crippen LogP contribution < -0.4 is 0 Å². The Morgan fingerprint density at radius 2 is 2.00 bits per heavy atom. The third-order valence-electron chi connectivity index (χ3n) is 3.40. The molecule has 0 heterocycles. The molecule has 66 valence electrons. The average molecular weight is 172 g/mol. The molecule has 0 aliphatic heterocycles. The molecule has 1 heteroatoms. The predicted molar refractivity (Wildman–Crippen MR) is 54.8 cm³/mol. The summed E-state index contributed by atoms with van der Waals surface area (Å²) < 4.78 is 0. The Morgan fingerprint density at radius 3 is 2.36 bits per heavy atom. The molecular formula is C10H21P. The molecule has 0 spiro atoms. The predicted octanol–water partition coefficient (Wildman–Crippen LogP) is 3.18. The normalized spacial score (nSPS) is 38.7. The van der Waals surface area contributed by atoms with E-state index in [1.807, 2.05) is 0 Å². The Morgan fingerprint density at radius 1 is 1.36 bits per heavy atom. The van der Waals surface area contributed by atoms with Gasteiger partial charge in [-0.3, -0.25) is 0 Å².